The third kappa shape index (κ3) is 4.39. The Morgan fingerprint density at radius 1 is 1.33 bits per heavy atom. The summed E-state index contributed by atoms with van der Waals surface area (Å²) in [5, 5.41) is 0. The van der Waals surface area contributed by atoms with Crippen molar-refractivity contribution in [1.82, 2.24) is 4.57 Å². The summed E-state index contributed by atoms with van der Waals surface area (Å²) in [5.41, 5.74) is 2.01. The molecule has 0 radical (unpaired) electrons. The lowest BCUT2D eigenvalue weighted by Crippen LogP contribution is -2.24. The summed E-state index contributed by atoms with van der Waals surface area (Å²) in [6.07, 6.45) is 1.27. The minimum Gasteiger partial charge on any atom is -0.494 e. The van der Waals surface area contributed by atoms with E-state index in [-0.39, 0.29) is 18.3 Å². The van der Waals surface area contributed by atoms with E-state index in [1.165, 1.54) is 23.2 Å². The minimum atomic E-state index is -0.539. The standard InChI is InChI=1S/C19H22N2O5S/c1-4-25-17(22)10-21-14-6-5-13(12(2)3)9-16(14)27-19(21)20-18(23)15-11-24-7-8-26-15/h5-6,9,11-12H,4,7-8,10H2,1-3H3. The zero-order chi connectivity index (χ0) is 19.4. The molecule has 0 atom stereocenters. The van der Waals surface area contributed by atoms with Crippen molar-refractivity contribution in [3.63, 3.8) is 0 Å². The van der Waals surface area contributed by atoms with Crippen molar-refractivity contribution in [2.24, 2.45) is 4.99 Å². The largest absolute Gasteiger partial charge is 0.494 e. The molecule has 0 N–H and O–H groups in total. The Labute approximate surface area is 160 Å². The second-order valence-electron chi connectivity index (χ2n) is 6.28. The Morgan fingerprint density at radius 2 is 2.15 bits per heavy atom. The number of benzene rings is 1. The third-order valence-electron chi connectivity index (χ3n) is 4.02. The average Bonchev–Trinajstić information content (AvgIpc) is 2.99. The highest BCUT2D eigenvalue weighted by atomic mass is 32.1. The quantitative estimate of drug-likeness (QED) is 0.734. The average molecular weight is 390 g/mol. The minimum absolute atomic E-state index is 0.0165. The molecule has 1 aromatic carbocycles. The molecule has 0 spiro atoms. The van der Waals surface area contributed by atoms with Gasteiger partial charge < -0.3 is 18.8 Å². The van der Waals surface area contributed by atoms with Crippen LogP contribution in [0.2, 0.25) is 0 Å². The van der Waals surface area contributed by atoms with Crippen molar-refractivity contribution in [2.75, 3.05) is 19.8 Å². The van der Waals surface area contributed by atoms with Crippen LogP contribution in [0.3, 0.4) is 0 Å². The lowest BCUT2D eigenvalue weighted by Gasteiger charge is -2.12. The first-order valence-corrected chi connectivity index (χ1v) is 9.63. The van der Waals surface area contributed by atoms with E-state index in [9.17, 15) is 9.59 Å². The highest BCUT2D eigenvalue weighted by Crippen LogP contribution is 2.23. The number of nitrogens with zero attached hydrogens (tertiary/aromatic N) is 2. The molecule has 8 heteroatoms. The molecule has 0 saturated carbocycles. The Kier molecular flexibility index (Phi) is 5.95. The summed E-state index contributed by atoms with van der Waals surface area (Å²) < 4.78 is 18.1. The summed E-state index contributed by atoms with van der Waals surface area (Å²) in [6, 6.07) is 6.03. The van der Waals surface area contributed by atoms with E-state index in [0.29, 0.717) is 30.5 Å². The molecular formula is C19H22N2O5S. The Morgan fingerprint density at radius 3 is 2.81 bits per heavy atom. The Balaban J connectivity index is 2.08. The molecule has 0 saturated heterocycles. The van der Waals surface area contributed by atoms with E-state index in [2.05, 4.69) is 24.9 Å². The lowest BCUT2D eigenvalue weighted by molar-refractivity contribution is -0.143. The van der Waals surface area contributed by atoms with E-state index in [1.807, 2.05) is 12.1 Å². The number of hydrogen-bond acceptors (Lipinski definition) is 6. The number of thiazole rings is 1. The van der Waals surface area contributed by atoms with Crippen molar-refractivity contribution in [3.8, 4) is 0 Å². The number of hydrogen-bond donors (Lipinski definition) is 0. The van der Waals surface area contributed by atoms with Gasteiger partial charge in [0.1, 0.15) is 26.0 Å². The maximum absolute atomic E-state index is 12.4. The number of carbonyl (C=O) groups is 2. The number of amides is 1. The molecule has 0 aliphatic carbocycles. The first-order valence-electron chi connectivity index (χ1n) is 8.82. The number of rotatable bonds is 5. The van der Waals surface area contributed by atoms with Crippen molar-refractivity contribution < 1.29 is 23.8 Å². The zero-order valence-electron chi connectivity index (χ0n) is 15.6. The van der Waals surface area contributed by atoms with Gasteiger partial charge in [-0.05, 0) is 30.5 Å². The molecule has 2 heterocycles. The SMILES string of the molecule is CCOC(=O)Cn1c(=NC(=O)C2=COCCO2)sc2cc(C(C)C)ccc21. The lowest BCUT2D eigenvalue weighted by atomic mass is 10.0. The highest BCUT2D eigenvalue weighted by molar-refractivity contribution is 7.16. The third-order valence-corrected chi connectivity index (χ3v) is 5.06. The molecule has 1 aromatic heterocycles. The molecule has 0 fully saturated rings. The number of fused-ring (bicyclic) bond motifs is 1. The molecule has 0 unspecified atom stereocenters. The second-order valence-corrected chi connectivity index (χ2v) is 7.29. The number of aromatic nitrogens is 1. The van der Waals surface area contributed by atoms with Crippen LogP contribution in [0.15, 0.2) is 35.2 Å². The fraction of sp³-hybridized carbons (Fsp3) is 0.421. The predicted octanol–water partition coefficient (Wildman–Crippen LogP) is 2.70. The summed E-state index contributed by atoms with van der Waals surface area (Å²) >= 11 is 1.35. The van der Waals surface area contributed by atoms with Crippen molar-refractivity contribution in [2.45, 2.75) is 33.2 Å². The topological polar surface area (TPSA) is 79.1 Å². The van der Waals surface area contributed by atoms with Crippen LogP contribution in [-0.2, 0) is 30.3 Å². The fourth-order valence-corrected chi connectivity index (χ4v) is 3.72. The van der Waals surface area contributed by atoms with Crippen molar-refractivity contribution in [1.29, 1.82) is 0 Å². The number of esters is 1. The van der Waals surface area contributed by atoms with Gasteiger partial charge in [-0.25, -0.2) is 0 Å². The van der Waals surface area contributed by atoms with Crippen LogP contribution in [0.5, 0.6) is 0 Å². The Bertz CT molecular complexity index is 955. The van der Waals surface area contributed by atoms with Gasteiger partial charge in [0.05, 0.1) is 16.8 Å². The molecule has 7 nitrogen and oxygen atoms in total. The Hall–Kier alpha value is -2.61. The van der Waals surface area contributed by atoms with Gasteiger partial charge in [-0.2, -0.15) is 4.99 Å². The van der Waals surface area contributed by atoms with E-state index in [1.54, 1.807) is 11.5 Å². The molecule has 1 aliphatic heterocycles. The molecule has 3 rings (SSSR count). The van der Waals surface area contributed by atoms with Crippen LogP contribution < -0.4 is 4.80 Å². The highest BCUT2D eigenvalue weighted by Gasteiger charge is 2.17. The van der Waals surface area contributed by atoms with Gasteiger partial charge in [0.15, 0.2) is 4.80 Å². The zero-order valence-corrected chi connectivity index (χ0v) is 16.4. The molecule has 0 bridgehead atoms. The molecule has 144 valence electrons. The van der Waals surface area contributed by atoms with Gasteiger partial charge >= 0.3 is 11.9 Å². The van der Waals surface area contributed by atoms with Crippen LogP contribution in [-0.4, -0.2) is 36.3 Å². The summed E-state index contributed by atoms with van der Waals surface area (Å²) in [7, 11) is 0. The van der Waals surface area contributed by atoms with Crippen molar-refractivity contribution >= 4 is 33.4 Å². The van der Waals surface area contributed by atoms with Gasteiger partial charge in [0, 0.05) is 0 Å². The van der Waals surface area contributed by atoms with Gasteiger partial charge in [0.2, 0.25) is 5.76 Å². The van der Waals surface area contributed by atoms with Gasteiger partial charge in [-0.15, -0.1) is 0 Å². The van der Waals surface area contributed by atoms with Gasteiger partial charge in [-0.3, -0.25) is 9.59 Å². The molecule has 1 amide bonds. The van der Waals surface area contributed by atoms with Crippen LogP contribution in [0, 0.1) is 0 Å². The maximum Gasteiger partial charge on any atom is 0.326 e. The van der Waals surface area contributed by atoms with E-state index < -0.39 is 5.91 Å². The van der Waals surface area contributed by atoms with Crippen LogP contribution in [0.4, 0.5) is 0 Å². The number of carbonyl (C=O) groups excluding carboxylic acids is 2. The van der Waals surface area contributed by atoms with Gasteiger partial charge in [-0.1, -0.05) is 31.3 Å². The number of ether oxygens (including phenoxy) is 3. The molecule has 1 aliphatic rings. The fourth-order valence-electron chi connectivity index (χ4n) is 2.65. The van der Waals surface area contributed by atoms with Crippen molar-refractivity contribution in [3.05, 3.63) is 40.6 Å². The van der Waals surface area contributed by atoms with E-state index in [4.69, 9.17) is 14.2 Å². The van der Waals surface area contributed by atoms with E-state index in [0.717, 1.165) is 10.2 Å². The normalized spacial score (nSPS) is 14.7. The van der Waals surface area contributed by atoms with Crippen LogP contribution in [0.1, 0.15) is 32.3 Å². The van der Waals surface area contributed by atoms with Crippen LogP contribution >= 0.6 is 11.3 Å². The maximum atomic E-state index is 12.4. The summed E-state index contributed by atoms with van der Waals surface area (Å²) in [6.45, 7) is 6.97. The van der Waals surface area contributed by atoms with Gasteiger partial charge in [0.25, 0.3) is 0 Å². The van der Waals surface area contributed by atoms with Crippen LogP contribution in [0.25, 0.3) is 10.2 Å². The first-order chi connectivity index (χ1) is 13.0. The van der Waals surface area contributed by atoms with E-state index >= 15 is 0 Å². The molecular weight excluding hydrogens is 368 g/mol. The summed E-state index contributed by atoms with van der Waals surface area (Å²) in [5.74, 6) is -0.488. The molecule has 27 heavy (non-hydrogen) atoms. The summed E-state index contributed by atoms with van der Waals surface area (Å²) in [4.78, 5) is 29.1. The smallest absolute Gasteiger partial charge is 0.326 e. The monoisotopic (exact) mass is 390 g/mol. The second kappa shape index (κ2) is 8.39. The first kappa shape index (κ1) is 19.2. The predicted molar refractivity (Wildman–Crippen MR) is 101 cm³/mol. The molecule has 2 aromatic rings.